The molecule has 0 aliphatic heterocycles. The number of hydrogen-bond acceptors (Lipinski definition) is 3. The molecule has 0 saturated heterocycles. The van der Waals surface area contributed by atoms with Crippen LogP contribution in [0.4, 0.5) is 5.69 Å². The largest absolute Gasteiger partial charge is 0.389 e. The maximum Gasteiger partial charge on any atom is 0.255 e. The van der Waals surface area contributed by atoms with E-state index < -0.39 is 0 Å². The van der Waals surface area contributed by atoms with Crippen LogP contribution in [0.5, 0.6) is 0 Å². The minimum Gasteiger partial charge on any atom is -0.389 e. The molecule has 3 N–H and O–H groups in total. The Kier molecular flexibility index (Phi) is 4.10. The molecule has 0 aliphatic carbocycles. The number of nitrogens with one attached hydrogen (secondary N) is 1. The van der Waals surface area contributed by atoms with Crippen LogP contribution in [0.15, 0.2) is 36.5 Å². The van der Waals surface area contributed by atoms with E-state index in [-0.39, 0.29) is 5.91 Å². The van der Waals surface area contributed by atoms with Crippen molar-refractivity contribution in [1.82, 2.24) is 4.98 Å². The van der Waals surface area contributed by atoms with Gasteiger partial charge in [-0.3, -0.25) is 9.78 Å². The fourth-order valence-electron chi connectivity index (χ4n) is 1.79. The lowest BCUT2D eigenvalue weighted by Crippen LogP contribution is -2.15. The molecule has 1 heterocycles. The fraction of sp³-hybridized carbons (Fsp3) is 0.133. The van der Waals surface area contributed by atoms with Crippen LogP contribution in [0, 0.1) is 13.8 Å². The molecular formula is C15H15N3OS. The zero-order valence-electron chi connectivity index (χ0n) is 11.3. The van der Waals surface area contributed by atoms with E-state index >= 15 is 0 Å². The van der Waals surface area contributed by atoms with Gasteiger partial charge in [0.1, 0.15) is 4.99 Å². The minimum atomic E-state index is -0.182. The highest BCUT2D eigenvalue weighted by Crippen LogP contribution is 2.18. The number of carbonyl (C=O) groups is 1. The molecule has 1 aromatic heterocycles. The lowest BCUT2D eigenvalue weighted by Gasteiger charge is -2.10. The number of thiocarbonyl (C=S) groups is 1. The summed E-state index contributed by atoms with van der Waals surface area (Å²) in [7, 11) is 0. The van der Waals surface area contributed by atoms with E-state index in [9.17, 15) is 4.79 Å². The molecule has 2 aromatic rings. The van der Waals surface area contributed by atoms with E-state index in [2.05, 4.69) is 10.3 Å². The Morgan fingerprint density at radius 2 is 1.95 bits per heavy atom. The normalized spacial score (nSPS) is 10.1. The van der Waals surface area contributed by atoms with Crippen molar-refractivity contribution in [3.8, 4) is 0 Å². The molecule has 0 fully saturated rings. The minimum absolute atomic E-state index is 0.182. The van der Waals surface area contributed by atoms with Crippen LogP contribution in [0.3, 0.4) is 0 Å². The standard InChI is InChI=1S/C15H15N3OS/c1-9-3-4-11(14(16)20)8-13(9)18-15(19)12-5-6-17-10(2)7-12/h3-8H,1-2H3,(H2,16,20)(H,18,19). The second kappa shape index (κ2) is 5.79. The Labute approximate surface area is 123 Å². The first kappa shape index (κ1) is 14.1. The summed E-state index contributed by atoms with van der Waals surface area (Å²) in [5.41, 5.74) is 9.35. The van der Waals surface area contributed by atoms with Crippen molar-refractivity contribution in [1.29, 1.82) is 0 Å². The van der Waals surface area contributed by atoms with Crippen molar-refractivity contribution in [3.05, 3.63) is 58.9 Å². The third kappa shape index (κ3) is 3.19. The fourth-order valence-corrected chi connectivity index (χ4v) is 1.92. The predicted molar refractivity (Wildman–Crippen MR) is 84.0 cm³/mol. The number of nitrogens with zero attached hydrogens (tertiary/aromatic N) is 1. The smallest absolute Gasteiger partial charge is 0.255 e. The van der Waals surface area contributed by atoms with Crippen molar-refractivity contribution < 1.29 is 4.79 Å². The molecule has 0 unspecified atom stereocenters. The molecule has 0 saturated carbocycles. The average Bonchev–Trinajstić information content (AvgIpc) is 2.41. The molecule has 0 spiro atoms. The second-order valence-electron chi connectivity index (χ2n) is 4.53. The first-order chi connectivity index (χ1) is 9.47. The molecule has 1 aromatic carbocycles. The Bertz CT molecular complexity index is 683. The summed E-state index contributed by atoms with van der Waals surface area (Å²) >= 11 is 4.95. The van der Waals surface area contributed by atoms with E-state index in [1.54, 1.807) is 24.4 Å². The van der Waals surface area contributed by atoms with Gasteiger partial charge >= 0.3 is 0 Å². The van der Waals surface area contributed by atoms with Crippen LogP contribution in [0.25, 0.3) is 0 Å². The number of nitrogens with two attached hydrogens (primary N) is 1. The van der Waals surface area contributed by atoms with Crippen molar-refractivity contribution >= 4 is 28.8 Å². The molecule has 1 amide bonds. The van der Waals surface area contributed by atoms with Gasteiger partial charge in [0.25, 0.3) is 5.91 Å². The van der Waals surface area contributed by atoms with Crippen molar-refractivity contribution in [3.63, 3.8) is 0 Å². The summed E-state index contributed by atoms with van der Waals surface area (Å²) in [4.78, 5) is 16.6. The van der Waals surface area contributed by atoms with Crippen molar-refractivity contribution in [2.45, 2.75) is 13.8 Å². The number of aromatic nitrogens is 1. The highest BCUT2D eigenvalue weighted by atomic mass is 32.1. The molecule has 2 rings (SSSR count). The van der Waals surface area contributed by atoms with Gasteiger partial charge in [0.15, 0.2) is 0 Å². The maximum absolute atomic E-state index is 12.2. The van der Waals surface area contributed by atoms with Gasteiger partial charge in [0.2, 0.25) is 0 Å². The number of benzene rings is 1. The third-order valence-corrected chi connectivity index (χ3v) is 3.16. The number of aryl methyl sites for hydroxylation is 2. The Morgan fingerprint density at radius 3 is 2.60 bits per heavy atom. The highest BCUT2D eigenvalue weighted by molar-refractivity contribution is 7.80. The molecule has 0 atom stereocenters. The zero-order chi connectivity index (χ0) is 14.7. The monoisotopic (exact) mass is 285 g/mol. The van der Waals surface area contributed by atoms with Crippen molar-refractivity contribution in [2.75, 3.05) is 5.32 Å². The van der Waals surface area contributed by atoms with Gasteiger partial charge in [-0.2, -0.15) is 0 Å². The first-order valence-corrected chi connectivity index (χ1v) is 6.52. The zero-order valence-corrected chi connectivity index (χ0v) is 12.1. The van der Waals surface area contributed by atoms with Crippen LogP contribution < -0.4 is 11.1 Å². The average molecular weight is 285 g/mol. The van der Waals surface area contributed by atoms with Gasteiger partial charge < -0.3 is 11.1 Å². The number of pyridine rings is 1. The van der Waals surface area contributed by atoms with Crippen LogP contribution in [-0.2, 0) is 0 Å². The van der Waals surface area contributed by atoms with E-state index in [4.69, 9.17) is 18.0 Å². The summed E-state index contributed by atoms with van der Waals surface area (Å²) in [6, 6.07) is 8.91. The number of rotatable bonds is 3. The van der Waals surface area contributed by atoms with E-state index in [0.717, 1.165) is 16.8 Å². The second-order valence-corrected chi connectivity index (χ2v) is 4.97. The van der Waals surface area contributed by atoms with Gasteiger partial charge in [-0.25, -0.2) is 0 Å². The van der Waals surface area contributed by atoms with Gasteiger partial charge in [0.05, 0.1) is 0 Å². The summed E-state index contributed by atoms with van der Waals surface area (Å²) in [5.74, 6) is -0.182. The number of anilines is 1. The molecule has 20 heavy (non-hydrogen) atoms. The van der Waals surface area contributed by atoms with Gasteiger partial charge in [0, 0.05) is 28.7 Å². The summed E-state index contributed by atoms with van der Waals surface area (Å²) < 4.78 is 0. The number of carbonyl (C=O) groups excluding carboxylic acids is 1. The van der Waals surface area contributed by atoms with E-state index in [0.29, 0.717) is 16.2 Å². The van der Waals surface area contributed by atoms with Crippen LogP contribution in [0.2, 0.25) is 0 Å². The highest BCUT2D eigenvalue weighted by Gasteiger charge is 2.09. The number of amides is 1. The quantitative estimate of drug-likeness (QED) is 0.851. The summed E-state index contributed by atoms with van der Waals surface area (Å²) in [5, 5.41) is 2.87. The van der Waals surface area contributed by atoms with Crippen LogP contribution in [-0.4, -0.2) is 15.9 Å². The lowest BCUT2D eigenvalue weighted by atomic mass is 10.1. The molecule has 0 bridgehead atoms. The lowest BCUT2D eigenvalue weighted by molar-refractivity contribution is 0.102. The summed E-state index contributed by atoms with van der Waals surface area (Å²) in [6.45, 7) is 3.76. The molecule has 0 radical (unpaired) electrons. The SMILES string of the molecule is Cc1cc(C(=O)Nc2cc(C(N)=S)ccc2C)ccn1. The summed E-state index contributed by atoms with van der Waals surface area (Å²) in [6.07, 6.45) is 1.61. The first-order valence-electron chi connectivity index (χ1n) is 6.12. The van der Waals surface area contributed by atoms with Crippen LogP contribution >= 0.6 is 12.2 Å². The van der Waals surface area contributed by atoms with Crippen molar-refractivity contribution in [2.24, 2.45) is 5.73 Å². The molecule has 0 aliphatic rings. The molecule has 5 heteroatoms. The van der Waals surface area contributed by atoms with E-state index in [1.165, 1.54) is 0 Å². The Balaban J connectivity index is 2.27. The molecular weight excluding hydrogens is 270 g/mol. The number of hydrogen-bond donors (Lipinski definition) is 2. The maximum atomic E-state index is 12.2. The topological polar surface area (TPSA) is 68.0 Å². The third-order valence-electron chi connectivity index (χ3n) is 2.93. The van der Waals surface area contributed by atoms with Gasteiger partial charge in [-0.15, -0.1) is 0 Å². The molecule has 102 valence electrons. The van der Waals surface area contributed by atoms with Gasteiger partial charge in [-0.1, -0.05) is 24.4 Å². The van der Waals surface area contributed by atoms with E-state index in [1.807, 2.05) is 26.0 Å². The predicted octanol–water partition coefficient (Wildman–Crippen LogP) is 2.58. The van der Waals surface area contributed by atoms with Crippen LogP contribution in [0.1, 0.15) is 27.2 Å². The molecule has 4 nitrogen and oxygen atoms in total. The Hall–Kier alpha value is -2.27. The van der Waals surface area contributed by atoms with Gasteiger partial charge in [-0.05, 0) is 37.6 Å². The Morgan fingerprint density at radius 1 is 1.20 bits per heavy atom.